The Morgan fingerprint density at radius 3 is 2.59 bits per heavy atom. The van der Waals surface area contributed by atoms with E-state index in [1.807, 2.05) is 49.4 Å². The molecule has 0 fully saturated rings. The summed E-state index contributed by atoms with van der Waals surface area (Å²) in [6, 6.07) is 15.8. The van der Waals surface area contributed by atoms with E-state index >= 15 is 0 Å². The van der Waals surface area contributed by atoms with Gasteiger partial charge in [-0.05, 0) is 58.7 Å². The minimum atomic E-state index is 0.711. The highest BCUT2D eigenvalue weighted by atomic mass is 79.9. The van der Waals surface area contributed by atoms with Crippen molar-refractivity contribution in [2.24, 2.45) is 0 Å². The van der Waals surface area contributed by atoms with Crippen molar-refractivity contribution in [3.05, 3.63) is 58.1 Å². The van der Waals surface area contributed by atoms with E-state index in [4.69, 9.17) is 5.26 Å². The van der Waals surface area contributed by atoms with Crippen LogP contribution in [-0.2, 0) is 0 Å². The third-order valence-electron chi connectivity index (χ3n) is 2.50. The summed E-state index contributed by atoms with van der Waals surface area (Å²) in [5.41, 5.74) is 3.68. The van der Waals surface area contributed by atoms with E-state index in [2.05, 4.69) is 27.3 Å². The number of halogens is 1. The summed E-state index contributed by atoms with van der Waals surface area (Å²) in [5.74, 6) is 0. The van der Waals surface area contributed by atoms with Gasteiger partial charge in [0.1, 0.15) is 0 Å². The topological polar surface area (TPSA) is 35.8 Å². The molecule has 0 spiro atoms. The Bertz CT molecular complexity index is 585. The number of hydrogen-bond acceptors (Lipinski definition) is 2. The lowest BCUT2D eigenvalue weighted by atomic mass is 10.1. The molecular weight excluding hydrogens is 276 g/mol. The molecule has 2 aromatic rings. The van der Waals surface area contributed by atoms with Gasteiger partial charge in [-0.1, -0.05) is 12.1 Å². The van der Waals surface area contributed by atoms with Gasteiger partial charge in [-0.2, -0.15) is 5.26 Å². The molecule has 0 aromatic heterocycles. The molecule has 0 aliphatic carbocycles. The summed E-state index contributed by atoms with van der Waals surface area (Å²) >= 11 is 3.49. The lowest BCUT2D eigenvalue weighted by Gasteiger charge is -2.09. The summed E-state index contributed by atoms with van der Waals surface area (Å²) in [5, 5.41) is 12.2. The number of para-hydroxylation sites is 1. The van der Waals surface area contributed by atoms with Gasteiger partial charge in [-0.25, -0.2) is 0 Å². The van der Waals surface area contributed by atoms with Crippen LogP contribution < -0.4 is 5.32 Å². The van der Waals surface area contributed by atoms with Crippen LogP contribution >= 0.6 is 15.9 Å². The summed E-state index contributed by atoms with van der Waals surface area (Å²) < 4.78 is 1.02. The highest BCUT2D eigenvalue weighted by Gasteiger charge is 2.01. The zero-order chi connectivity index (χ0) is 12.3. The van der Waals surface area contributed by atoms with Gasteiger partial charge in [0.15, 0.2) is 0 Å². The number of benzene rings is 2. The summed E-state index contributed by atoms with van der Waals surface area (Å²) in [7, 11) is 0. The fourth-order valence-corrected chi connectivity index (χ4v) is 1.97. The van der Waals surface area contributed by atoms with E-state index in [0.29, 0.717) is 5.56 Å². The van der Waals surface area contributed by atoms with Gasteiger partial charge in [0, 0.05) is 10.2 Å². The highest BCUT2D eigenvalue weighted by molar-refractivity contribution is 9.10. The molecule has 0 aliphatic heterocycles. The number of nitrogens with zero attached hydrogens (tertiary/aromatic N) is 1. The maximum atomic E-state index is 8.87. The SMILES string of the molecule is Cc1cc(Nc2ccccc2Br)ccc1C#N. The van der Waals surface area contributed by atoms with Crippen LogP contribution in [0.25, 0.3) is 0 Å². The normalized spacial score (nSPS) is 9.71. The van der Waals surface area contributed by atoms with Gasteiger partial charge < -0.3 is 5.32 Å². The molecule has 0 unspecified atom stereocenters. The summed E-state index contributed by atoms with van der Waals surface area (Å²) in [4.78, 5) is 0. The van der Waals surface area contributed by atoms with Crippen molar-refractivity contribution < 1.29 is 0 Å². The standard InChI is InChI=1S/C14H11BrN2/c1-10-8-12(7-6-11(10)9-16)17-14-5-3-2-4-13(14)15/h2-8,17H,1H3. The Balaban J connectivity index is 2.29. The zero-order valence-corrected chi connectivity index (χ0v) is 11.0. The van der Waals surface area contributed by atoms with E-state index in [9.17, 15) is 0 Å². The van der Waals surface area contributed by atoms with Crippen molar-refractivity contribution in [1.82, 2.24) is 0 Å². The van der Waals surface area contributed by atoms with Crippen molar-refractivity contribution in [3.8, 4) is 6.07 Å². The quantitative estimate of drug-likeness (QED) is 0.890. The van der Waals surface area contributed by atoms with Crippen LogP contribution in [-0.4, -0.2) is 0 Å². The van der Waals surface area contributed by atoms with Gasteiger partial charge in [0.25, 0.3) is 0 Å². The predicted octanol–water partition coefficient (Wildman–Crippen LogP) is 4.37. The molecule has 0 amide bonds. The molecule has 0 aliphatic rings. The van der Waals surface area contributed by atoms with Crippen LogP contribution in [0, 0.1) is 18.3 Å². The maximum Gasteiger partial charge on any atom is 0.0994 e. The van der Waals surface area contributed by atoms with Crippen molar-refractivity contribution >= 4 is 27.3 Å². The molecule has 0 heterocycles. The molecule has 3 heteroatoms. The number of rotatable bonds is 2. The van der Waals surface area contributed by atoms with Crippen LogP contribution in [0.15, 0.2) is 46.9 Å². The Hall–Kier alpha value is -1.79. The third-order valence-corrected chi connectivity index (χ3v) is 3.19. The van der Waals surface area contributed by atoms with Crippen molar-refractivity contribution in [2.45, 2.75) is 6.92 Å². The van der Waals surface area contributed by atoms with E-state index in [1.54, 1.807) is 0 Å². The largest absolute Gasteiger partial charge is 0.355 e. The van der Waals surface area contributed by atoms with Crippen LogP contribution in [0.1, 0.15) is 11.1 Å². The molecule has 1 N–H and O–H groups in total. The van der Waals surface area contributed by atoms with Crippen LogP contribution in [0.5, 0.6) is 0 Å². The molecule has 17 heavy (non-hydrogen) atoms. The van der Waals surface area contributed by atoms with Crippen LogP contribution in [0.3, 0.4) is 0 Å². The van der Waals surface area contributed by atoms with Gasteiger partial charge in [0.2, 0.25) is 0 Å². The number of aryl methyl sites for hydroxylation is 1. The molecular formula is C14H11BrN2. The fourth-order valence-electron chi connectivity index (χ4n) is 1.58. The first-order valence-corrected chi connectivity index (χ1v) is 6.02. The van der Waals surface area contributed by atoms with Crippen LogP contribution in [0.2, 0.25) is 0 Å². The van der Waals surface area contributed by atoms with E-state index < -0.39 is 0 Å². The molecule has 2 aromatic carbocycles. The maximum absolute atomic E-state index is 8.87. The van der Waals surface area contributed by atoms with Crippen molar-refractivity contribution in [1.29, 1.82) is 5.26 Å². The van der Waals surface area contributed by atoms with E-state index in [-0.39, 0.29) is 0 Å². The second kappa shape index (κ2) is 5.03. The second-order valence-corrected chi connectivity index (χ2v) is 4.60. The monoisotopic (exact) mass is 286 g/mol. The fraction of sp³-hybridized carbons (Fsp3) is 0.0714. The Morgan fingerprint density at radius 1 is 1.18 bits per heavy atom. The number of nitriles is 1. The minimum Gasteiger partial charge on any atom is -0.355 e. The first-order chi connectivity index (χ1) is 8.20. The zero-order valence-electron chi connectivity index (χ0n) is 9.37. The summed E-state index contributed by atoms with van der Waals surface area (Å²) in [6.45, 7) is 1.93. The molecule has 0 atom stereocenters. The molecule has 0 saturated heterocycles. The van der Waals surface area contributed by atoms with Gasteiger partial charge in [-0.15, -0.1) is 0 Å². The van der Waals surface area contributed by atoms with Gasteiger partial charge >= 0.3 is 0 Å². The van der Waals surface area contributed by atoms with Gasteiger partial charge in [-0.3, -0.25) is 0 Å². The van der Waals surface area contributed by atoms with Gasteiger partial charge in [0.05, 0.1) is 17.3 Å². The van der Waals surface area contributed by atoms with E-state index in [0.717, 1.165) is 21.4 Å². The van der Waals surface area contributed by atoms with Crippen LogP contribution in [0.4, 0.5) is 11.4 Å². The predicted molar refractivity (Wildman–Crippen MR) is 73.3 cm³/mol. The average molecular weight is 287 g/mol. The molecule has 2 nitrogen and oxygen atoms in total. The number of anilines is 2. The second-order valence-electron chi connectivity index (χ2n) is 3.75. The average Bonchev–Trinajstić information content (AvgIpc) is 2.32. The minimum absolute atomic E-state index is 0.711. The molecule has 0 saturated carbocycles. The van der Waals surface area contributed by atoms with Crippen molar-refractivity contribution in [3.63, 3.8) is 0 Å². The first kappa shape index (κ1) is 11.7. The molecule has 2 rings (SSSR count). The lowest BCUT2D eigenvalue weighted by Crippen LogP contribution is -1.92. The van der Waals surface area contributed by atoms with Crippen molar-refractivity contribution in [2.75, 3.05) is 5.32 Å². The Kier molecular flexibility index (Phi) is 3.46. The highest BCUT2D eigenvalue weighted by Crippen LogP contribution is 2.26. The number of nitrogens with one attached hydrogen (secondary N) is 1. The van der Waals surface area contributed by atoms with E-state index in [1.165, 1.54) is 0 Å². The smallest absolute Gasteiger partial charge is 0.0994 e. The molecule has 0 bridgehead atoms. The third kappa shape index (κ3) is 2.66. The lowest BCUT2D eigenvalue weighted by molar-refractivity contribution is 1.38. The molecule has 84 valence electrons. The molecule has 0 radical (unpaired) electrons. The Morgan fingerprint density at radius 2 is 1.94 bits per heavy atom. The summed E-state index contributed by atoms with van der Waals surface area (Å²) in [6.07, 6.45) is 0. The number of hydrogen-bond donors (Lipinski definition) is 1. The Labute approximate surface area is 109 Å². The first-order valence-electron chi connectivity index (χ1n) is 5.23.